The van der Waals surface area contributed by atoms with Gasteiger partial charge in [-0.05, 0) is 25.8 Å². The summed E-state index contributed by atoms with van der Waals surface area (Å²) in [5.74, 6) is -0.800. The molecule has 0 aliphatic carbocycles. The molecule has 0 bridgehead atoms. The Morgan fingerprint density at radius 1 is 1.16 bits per heavy atom. The van der Waals surface area contributed by atoms with Crippen molar-refractivity contribution in [2.75, 3.05) is 13.6 Å². The predicted molar refractivity (Wildman–Crippen MR) is 74.1 cm³/mol. The van der Waals surface area contributed by atoms with Gasteiger partial charge < -0.3 is 10.0 Å². The molecule has 1 rings (SSSR count). The molecule has 0 atom stereocenters. The van der Waals surface area contributed by atoms with Gasteiger partial charge in [0.05, 0.1) is 6.42 Å². The number of carbonyl (C=O) groups is 2. The molecule has 1 amide bonds. The monoisotopic (exact) mass is 263 g/mol. The van der Waals surface area contributed by atoms with Gasteiger partial charge in [-0.2, -0.15) is 0 Å². The van der Waals surface area contributed by atoms with Crippen LogP contribution in [-0.2, 0) is 16.0 Å². The Hall–Kier alpha value is -1.84. The van der Waals surface area contributed by atoms with E-state index in [0.29, 0.717) is 19.4 Å². The van der Waals surface area contributed by atoms with E-state index in [0.717, 1.165) is 16.7 Å². The van der Waals surface area contributed by atoms with E-state index in [1.54, 1.807) is 11.9 Å². The zero-order valence-electron chi connectivity index (χ0n) is 11.8. The first-order chi connectivity index (χ1) is 8.88. The Morgan fingerprint density at radius 2 is 1.74 bits per heavy atom. The number of likely N-dealkylation sites (N-methyl/N-ethyl adjacent to an activating group) is 1. The van der Waals surface area contributed by atoms with Crippen molar-refractivity contribution >= 4 is 11.9 Å². The number of carboxylic acids is 1. The summed E-state index contributed by atoms with van der Waals surface area (Å²) in [5.41, 5.74) is 3.31. The van der Waals surface area contributed by atoms with Crippen molar-refractivity contribution in [3.8, 4) is 0 Å². The summed E-state index contributed by atoms with van der Waals surface area (Å²) in [7, 11) is 1.72. The highest BCUT2D eigenvalue weighted by Gasteiger charge is 2.10. The van der Waals surface area contributed by atoms with Crippen LogP contribution in [0.4, 0.5) is 0 Å². The van der Waals surface area contributed by atoms with E-state index in [4.69, 9.17) is 5.11 Å². The first kappa shape index (κ1) is 15.2. The van der Waals surface area contributed by atoms with E-state index in [1.165, 1.54) is 0 Å². The van der Waals surface area contributed by atoms with Crippen LogP contribution in [0.2, 0.25) is 0 Å². The average molecular weight is 263 g/mol. The highest BCUT2D eigenvalue weighted by atomic mass is 16.4. The summed E-state index contributed by atoms with van der Waals surface area (Å²) >= 11 is 0. The minimum absolute atomic E-state index is 0.0235. The van der Waals surface area contributed by atoms with Crippen molar-refractivity contribution in [3.63, 3.8) is 0 Å². The molecule has 0 unspecified atom stereocenters. The molecule has 0 saturated heterocycles. The predicted octanol–water partition coefficient (Wildman–Crippen LogP) is 2.17. The summed E-state index contributed by atoms with van der Waals surface area (Å²) in [6.07, 6.45) is 0.956. The van der Waals surface area contributed by atoms with Crippen molar-refractivity contribution in [1.29, 1.82) is 0 Å². The van der Waals surface area contributed by atoms with Gasteiger partial charge in [0.15, 0.2) is 0 Å². The molecule has 0 fully saturated rings. The van der Waals surface area contributed by atoms with Gasteiger partial charge in [-0.15, -0.1) is 0 Å². The number of aliphatic carboxylic acids is 1. The summed E-state index contributed by atoms with van der Waals surface area (Å²) in [5, 5.41) is 8.56. The van der Waals surface area contributed by atoms with Crippen molar-refractivity contribution < 1.29 is 14.7 Å². The topological polar surface area (TPSA) is 57.6 Å². The Labute approximate surface area is 114 Å². The number of carboxylic acid groups (broad SMARTS) is 1. The maximum atomic E-state index is 12.0. The summed E-state index contributed by atoms with van der Waals surface area (Å²) in [6, 6.07) is 6.09. The lowest BCUT2D eigenvalue weighted by molar-refractivity contribution is -0.138. The lowest BCUT2D eigenvalue weighted by atomic mass is 10.0. The highest BCUT2D eigenvalue weighted by Crippen LogP contribution is 2.10. The number of rotatable bonds is 6. The van der Waals surface area contributed by atoms with Gasteiger partial charge in [0.1, 0.15) is 0 Å². The minimum Gasteiger partial charge on any atom is -0.481 e. The lowest BCUT2D eigenvalue weighted by Gasteiger charge is -2.17. The maximum absolute atomic E-state index is 12.0. The van der Waals surface area contributed by atoms with Gasteiger partial charge in [-0.1, -0.05) is 29.3 Å². The zero-order chi connectivity index (χ0) is 14.4. The van der Waals surface area contributed by atoms with E-state index >= 15 is 0 Å². The third-order valence-corrected chi connectivity index (χ3v) is 2.95. The second kappa shape index (κ2) is 6.92. The Morgan fingerprint density at radius 3 is 2.26 bits per heavy atom. The fraction of sp³-hybridized carbons (Fsp3) is 0.467. The van der Waals surface area contributed by atoms with Crippen LogP contribution in [0.1, 0.15) is 29.5 Å². The molecule has 1 aromatic rings. The van der Waals surface area contributed by atoms with Crippen molar-refractivity contribution in [2.45, 2.75) is 33.1 Å². The number of hydrogen-bond acceptors (Lipinski definition) is 2. The number of amides is 1. The molecule has 0 radical (unpaired) electrons. The molecule has 0 saturated carbocycles. The highest BCUT2D eigenvalue weighted by molar-refractivity contribution is 5.78. The number of carbonyl (C=O) groups excluding carboxylic acids is 1. The Bertz CT molecular complexity index is 448. The molecule has 0 heterocycles. The van der Waals surface area contributed by atoms with E-state index in [1.807, 2.05) is 26.0 Å². The van der Waals surface area contributed by atoms with Crippen LogP contribution < -0.4 is 0 Å². The number of nitrogens with zero attached hydrogens (tertiary/aromatic N) is 1. The second-order valence-corrected chi connectivity index (χ2v) is 4.99. The number of benzene rings is 1. The normalized spacial score (nSPS) is 10.3. The quantitative estimate of drug-likeness (QED) is 0.855. The first-order valence-corrected chi connectivity index (χ1v) is 6.41. The van der Waals surface area contributed by atoms with Gasteiger partial charge in [0, 0.05) is 20.0 Å². The molecule has 4 nitrogen and oxygen atoms in total. The summed E-state index contributed by atoms with van der Waals surface area (Å²) in [4.78, 5) is 24.0. The first-order valence-electron chi connectivity index (χ1n) is 6.41. The molecule has 1 N–H and O–H groups in total. The molecular weight excluding hydrogens is 242 g/mol. The second-order valence-electron chi connectivity index (χ2n) is 4.99. The van der Waals surface area contributed by atoms with Gasteiger partial charge in [-0.3, -0.25) is 9.59 Å². The van der Waals surface area contributed by atoms with Gasteiger partial charge in [0.25, 0.3) is 0 Å². The molecule has 19 heavy (non-hydrogen) atoms. The molecule has 0 aromatic heterocycles. The van der Waals surface area contributed by atoms with Crippen molar-refractivity contribution in [2.24, 2.45) is 0 Å². The standard InChI is InChI=1S/C15H21NO3/c1-11-7-12(2)9-13(8-11)10-14(17)16(3)6-4-5-15(18)19/h7-9H,4-6,10H2,1-3H3,(H,18,19). The molecule has 1 aromatic carbocycles. The number of hydrogen-bond donors (Lipinski definition) is 1. The summed E-state index contributed by atoms with van der Waals surface area (Å²) < 4.78 is 0. The van der Waals surface area contributed by atoms with Crippen LogP contribution in [-0.4, -0.2) is 35.5 Å². The van der Waals surface area contributed by atoms with Crippen molar-refractivity contribution in [1.82, 2.24) is 4.90 Å². The Balaban J connectivity index is 2.51. The minimum atomic E-state index is -0.824. The zero-order valence-corrected chi connectivity index (χ0v) is 11.8. The summed E-state index contributed by atoms with van der Waals surface area (Å²) in [6.45, 7) is 4.50. The van der Waals surface area contributed by atoms with Crippen LogP contribution in [0.5, 0.6) is 0 Å². The third kappa shape index (κ3) is 5.55. The lowest BCUT2D eigenvalue weighted by Crippen LogP contribution is -2.29. The molecular formula is C15H21NO3. The van der Waals surface area contributed by atoms with E-state index in [9.17, 15) is 9.59 Å². The molecule has 104 valence electrons. The van der Waals surface area contributed by atoms with Gasteiger partial charge in [0.2, 0.25) is 5.91 Å². The Kier molecular flexibility index (Phi) is 5.55. The average Bonchev–Trinajstić information content (AvgIpc) is 2.26. The van der Waals surface area contributed by atoms with Gasteiger partial charge in [-0.25, -0.2) is 0 Å². The van der Waals surface area contributed by atoms with E-state index in [-0.39, 0.29) is 12.3 Å². The maximum Gasteiger partial charge on any atom is 0.303 e. The number of aryl methyl sites for hydroxylation is 2. The largest absolute Gasteiger partial charge is 0.481 e. The van der Waals surface area contributed by atoms with Crippen LogP contribution >= 0.6 is 0 Å². The molecule has 0 aliphatic rings. The van der Waals surface area contributed by atoms with Crippen LogP contribution in [0, 0.1) is 13.8 Å². The molecule has 4 heteroatoms. The van der Waals surface area contributed by atoms with Gasteiger partial charge >= 0.3 is 5.97 Å². The molecule has 0 spiro atoms. The fourth-order valence-corrected chi connectivity index (χ4v) is 2.07. The van der Waals surface area contributed by atoms with Crippen LogP contribution in [0.3, 0.4) is 0 Å². The smallest absolute Gasteiger partial charge is 0.303 e. The van der Waals surface area contributed by atoms with E-state index < -0.39 is 5.97 Å². The fourth-order valence-electron chi connectivity index (χ4n) is 2.07. The van der Waals surface area contributed by atoms with Crippen molar-refractivity contribution in [3.05, 3.63) is 34.9 Å². The van der Waals surface area contributed by atoms with E-state index in [2.05, 4.69) is 6.07 Å². The van der Waals surface area contributed by atoms with Crippen LogP contribution in [0.25, 0.3) is 0 Å². The third-order valence-electron chi connectivity index (χ3n) is 2.95. The van der Waals surface area contributed by atoms with Crippen LogP contribution in [0.15, 0.2) is 18.2 Å². The SMILES string of the molecule is Cc1cc(C)cc(CC(=O)N(C)CCCC(=O)O)c1. The molecule has 0 aliphatic heterocycles.